The molecule has 0 spiro atoms. The second kappa shape index (κ2) is 9.21. The molecule has 0 radical (unpaired) electrons. The summed E-state index contributed by atoms with van der Waals surface area (Å²) in [7, 11) is 1.95. The van der Waals surface area contributed by atoms with Gasteiger partial charge in [-0.3, -0.25) is 9.59 Å². The summed E-state index contributed by atoms with van der Waals surface area (Å²) in [5, 5.41) is 5.84. The Hall–Kier alpha value is -2.82. The monoisotopic (exact) mass is 365 g/mol. The fourth-order valence-corrected chi connectivity index (χ4v) is 3.54. The van der Waals surface area contributed by atoms with Gasteiger partial charge >= 0.3 is 0 Å². The van der Waals surface area contributed by atoms with Crippen molar-refractivity contribution in [3.8, 4) is 0 Å². The maximum Gasteiger partial charge on any atom is 0.253 e. The lowest BCUT2D eigenvalue weighted by molar-refractivity contribution is -0.124. The van der Waals surface area contributed by atoms with E-state index in [9.17, 15) is 9.59 Å². The molecule has 2 aromatic carbocycles. The lowest BCUT2D eigenvalue weighted by Gasteiger charge is -2.22. The van der Waals surface area contributed by atoms with E-state index in [2.05, 4.69) is 10.6 Å². The van der Waals surface area contributed by atoms with Gasteiger partial charge in [0.05, 0.1) is 11.3 Å². The number of hydrogen-bond donors (Lipinski definition) is 2. The van der Waals surface area contributed by atoms with Crippen molar-refractivity contribution in [1.82, 2.24) is 10.6 Å². The normalized spacial score (nSPS) is 14.0. The van der Waals surface area contributed by atoms with Gasteiger partial charge in [0.25, 0.3) is 5.91 Å². The zero-order valence-corrected chi connectivity index (χ0v) is 15.8. The Morgan fingerprint density at radius 1 is 0.926 bits per heavy atom. The molecule has 2 N–H and O–H groups in total. The highest BCUT2D eigenvalue weighted by Gasteiger charge is 2.22. The second-order valence-corrected chi connectivity index (χ2v) is 6.94. The molecule has 2 amide bonds. The third kappa shape index (κ3) is 4.88. The minimum absolute atomic E-state index is 0.117. The molecule has 1 aliphatic rings. The Labute approximate surface area is 160 Å². The van der Waals surface area contributed by atoms with Crippen LogP contribution in [-0.4, -0.2) is 32.0 Å². The first-order valence-electron chi connectivity index (χ1n) is 9.60. The van der Waals surface area contributed by atoms with Crippen LogP contribution in [0.4, 0.5) is 11.4 Å². The predicted molar refractivity (Wildman–Crippen MR) is 108 cm³/mol. The number of amides is 2. The van der Waals surface area contributed by atoms with Gasteiger partial charge in [-0.05, 0) is 37.1 Å². The number of carbonyl (C=O) groups is 2. The molecule has 0 aliphatic heterocycles. The minimum atomic E-state index is -0.136. The largest absolute Gasteiger partial charge is 0.354 e. The number of nitrogens with one attached hydrogen (secondary N) is 2. The van der Waals surface area contributed by atoms with Crippen LogP contribution in [0.1, 0.15) is 36.0 Å². The van der Waals surface area contributed by atoms with Crippen molar-refractivity contribution in [2.45, 2.75) is 25.7 Å². The van der Waals surface area contributed by atoms with Crippen LogP contribution in [0.15, 0.2) is 54.6 Å². The lowest BCUT2D eigenvalue weighted by atomic mass is 10.1. The molecule has 0 bridgehead atoms. The SMILES string of the molecule is CN(c1ccccc1)c1ccccc1C(=O)NCCNC(=O)C1CCCC1. The third-order valence-corrected chi connectivity index (χ3v) is 5.09. The number of para-hydroxylation sites is 2. The molecular weight excluding hydrogens is 338 g/mol. The van der Waals surface area contributed by atoms with E-state index in [1.165, 1.54) is 0 Å². The second-order valence-electron chi connectivity index (χ2n) is 6.94. The fourth-order valence-electron chi connectivity index (χ4n) is 3.54. The highest BCUT2D eigenvalue weighted by atomic mass is 16.2. The summed E-state index contributed by atoms with van der Waals surface area (Å²) < 4.78 is 0. The maximum absolute atomic E-state index is 12.7. The van der Waals surface area contributed by atoms with Gasteiger partial charge in [-0.15, -0.1) is 0 Å². The minimum Gasteiger partial charge on any atom is -0.354 e. The molecular formula is C22H27N3O2. The van der Waals surface area contributed by atoms with Gasteiger partial charge in [0.2, 0.25) is 5.91 Å². The Morgan fingerprint density at radius 3 is 2.30 bits per heavy atom. The molecule has 0 heterocycles. The topological polar surface area (TPSA) is 61.4 Å². The fraction of sp³-hybridized carbons (Fsp3) is 0.364. The number of benzene rings is 2. The molecule has 0 saturated heterocycles. The van der Waals surface area contributed by atoms with E-state index in [0.29, 0.717) is 18.7 Å². The van der Waals surface area contributed by atoms with Crippen molar-refractivity contribution in [3.05, 3.63) is 60.2 Å². The third-order valence-electron chi connectivity index (χ3n) is 5.09. The van der Waals surface area contributed by atoms with E-state index >= 15 is 0 Å². The van der Waals surface area contributed by atoms with Crippen molar-refractivity contribution < 1.29 is 9.59 Å². The van der Waals surface area contributed by atoms with Crippen LogP contribution >= 0.6 is 0 Å². The first-order valence-corrected chi connectivity index (χ1v) is 9.60. The Kier molecular flexibility index (Phi) is 6.47. The van der Waals surface area contributed by atoms with Gasteiger partial charge in [0.1, 0.15) is 0 Å². The van der Waals surface area contributed by atoms with Crippen LogP contribution in [0.3, 0.4) is 0 Å². The smallest absolute Gasteiger partial charge is 0.253 e. The predicted octanol–water partition coefficient (Wildman–Crippen LogP) is 3.49. The zero-order chi connectivity index (χ0) is 19.1. The molecule has 0 atom stereocenters. The number of hydrogen-bond acceptors (Lipinski definition) is 3. The van der Waals surface area contributed by atoms with Crippen LogP contribution in [0, 0.1) is 5.92 Å². The first-order chi connectivity index (χ1) is 13.2. The zero-order valence-electron chi connectivity index (χ0n) is 15.8. The van der Waals surface area contributed by atoms with Crippen molar-refractivity contribution in [2.24, 2.45) is 5.92 Å². The van der Waals surface area contributed by atoms with Gasteiger partial charge in [-0.2, -0.15) is 0 Å². The summed E-state index contributed by atoms with van der Waals surface area (Å²) in [6, 6.07) is 17.5. The average molecular weight is 365 g/mol. The van der Waals surface area contributed by atoms with E-state index in [1.807, 2.05) is 66.5 Å². The highest BCUT2D eigenvalue weighted by Crippen LogP contribution is 2.27. The molecule has 5 nitrogen and oxygen atoms in total. The Morgan fingerprint density at radius 2 is 1.56 bits per heavy atom. The average Bonchev–Trinajstić information content (AvgIpc) is 3.26. The molecule has 142 valence electrons. The van der Waals surface area contributed by atoms with Gasteiger partial charge < -0.3 is 15.5 Å². The molecule has 0 unspecified atom stereocenters. The molecule has 3 rings (SSSR count). The summed E-state index contributed by atoms with van der Waals surface area (Å²) in [6.07, 6.45) is 4.25. The highest BCUT2D eigenvalue weighted by molar-refractivity contribution is 6.00. The van der Waals surface area contributed by atoms with Crippen LogP contribution in [0.25, 0.3) is 0 Å². The van der Waals surface area contributed by atoms with Crippen molar-refractivity contribution in [2.75, 3.05) is 25.0 Å². The molecule has 5 heteroatoms. The molecule has 1 saturated carbocycles. The van der Waals surface area contributed by atoms with E-state index in [0.717, 1.165) is 37.1 Å². The Balaban J connectivity index is 1.56. The van der Waals surface area contributed by atoms with E-state index < -0.39 is 0 Å². The molecule has 2 aromatic rings. The summed E-state index contributed by atoms with van der Waals surface area (Å²) in [5.41, 5.74) is 2.48. The summed E-state index contributed by atoms with van der Waals surface area (Å²) in [6.45, 7) is 0.873. The van der Waals surface area contributed by atoms with Gasteiger partial charge in [0.15, 0.2) is 0 Å². The summed E-state index contributed by atoms with van der Waals surface area (Å²) in [4.78, 5) is 26.7. The van der Waals surface area contributed by atoms with Crippen LogP contribution in [0.2, 0.25) is 0 Å². The molecule has 0 aromatic heterocycles. The van der Waals surface area contributed by atoms with Crippen molar-refractivity contribution in [3.63, 3.8) is 0 Å². The standard InChI is InChI=1S/C22H27N3O2/c1-25(18-11-3-2-4-12-18)20-14-8-7-13-19(20)22(27)24-16-15-23-21(26)17-9-5-6-10-17/h2-4,7-8,11-14,17H,5-6,9-10,15-16H2,1H3,(H,23,26)(H,24,27). The molecule has 27 heavy (non-hydrogen) atoms. The molecule has 1 aliphatic carbocycles. The van der Waals surface area contributed by atoms with Crippen LogP contribution in [0.5, 0.6) is 0 Å². The van der Waals surface area contributed by atoms with Gasteiger partial charge in [-0.1, -0.05) is 43.2 Å². The number of anilines is 2. The van der Waals surface area contributed by atoms with Gasteiger partial charge in [0, 0.05) is 31.7 Å². The number of rotatable bonds is 7. The summed E-state index contributed by atoms with van der Waals surface area (Å²) in [5.74, 6) is 0.135. The van der Waals surface area contributed by atoms with Crippen molar-refractivity contribution in [1.29, 1.82) is 0 Å². The molecule has 1 fully saturated rings. The number of nitrogens with zero attached hydrogens (tertiary/aromatic N) is 1. The Bertz CT molecular complexity index is 770. The van der Waals surface area contributed by atoms with E-state index in [4.69, 9.17) is 0 Å². The van der Waals surface area contributed by atoms with Gasteiger partial charge in [-0.25, -0.2) is 0 Å². The quantitative estimate of drug-likeness (QED) is 0.739. The number of carbonyl (C=O) groups excluding carboxylic acids is 2. The van der Waals surface area contributed by atoms with Crippen LogP contribution in [-0.2, 0) is 4.79 Å². The summed E-state index contributed by atoms with van der Waals surface area (Å²) >= 11 is 0. The van der Waals surface area contributed by atoms with E-state index in [1.54, 1.807) is 0 Å². The van der Waals surface area contributed by atoms with Crippen molar-refractivity contribution >= 4 is 23.2 Å². The van der Waals surface area contributed by atoms with E-state index in [-0.39, 0.29) is 17.7 Å². The lowest BCUT2D eigenvalue weighted by Crippen LogP contribution is -2.37. The maximum atomic E-state index is 12.7. The first kappa shape index (κ1) is 19.0. The van der Waals surface area contributed by atoms with Crippen LogP contribution < -0.4 is 15.5 Å².